The van der Waals surface area contributed by atoms with Gasteiger partial charge in [0.15, 0.2) is 5.13 Å². The fraction of sp³-hybridized carbons (Fsp3) is 0.125. The topological polar surface area (TPSA) is 80.7 Å². The van der Waals surface area contributed by atoms with Gasteiger partial charge in [0.2, 0.25) is 5.91 Å². The van der Waals surface area contributed by atoms with Crippen LogP contribution in [-0.4, -0.2) is 18.0 Å². The Morgan fingerprint density at radius 3 is 2.92 bits per heavy atom. The molecule has 0 spiro atoms. The average molecular weight is 362 g/mol. The number of benzene rings is 2. The smallest absolute Gasteiger partial charge is 0.230 e. The van der Waals surface area contributed by atoms with Gasteiger partial charge in [0, 0.05) is 5.02 Å². The molecule has 0 atom stereocenters. The molecule has 0 saturated carbocycles. The van der Waals surface area contributed by atoms with Gasteiger partial charge in [0.25, 0.3) is 0 Å². The molecule has 6 nitrogen and oxygen atoms in total. The lowest BCUT2D eigenvalue weighted by molar-refractivity contribution is -0.115. The van der Waals surface area contributed by atoms with Crippen molar-refractivity contribution in [1.29, 1.82) is 0 Å². The van der Waals surface area contributed by atoms with Crippen LogP contribution in [0.15, 0.2) is 41.6 Å². The van der Waals surface area contributed by atoms with Gasteiger partial charge in [-0.3, -0.25) is 4.79 Å². The standard InChI is InChI=1S/C16H12ClN3O3S/c1-23-13-6-9(2-4-11(13)20-22)7-15(21)19-16-18-12-5-3-10(17)8-14(12)24-16/h2-6,8H,7H2,1H3,(H,18,19,21). The lowest BCUT2D eigenvalue weighted by atomic mass is 10.1. The molecule has 0 radical (unpaired) electrons. The Morgan fingerprint density at radius 2 is 2.17 bits per heavy atom. The number of nitrogens with zero attached hydrogens (tertiary/aromatic N) is 2. The third kappa shape index (κ3) is 3.52. The van der Waals surface area contributed by atoms with Crippen LogP contribution in [0.2, 0.25) is 5.02 Å². The number of ether oxygens (including phenoxy) is 1. The number of fused-ring (bicyclic) bond motifs is 1. The second-order valence-electron chi connectivity index (χ2n) is 4.95. The first-order valence-electron chi connectivity index (χ1n) is 6.95. The lowest BCUT2D eigenvalue weighted by Gasteiger charge is -2.06. The number of amides is 1. The number of rotatable bonds is 5. The van der Waals surface area contributed by atoms with Crippen LogP contribution in [-0.2, 0) is 11.2 Å². The van der Waals surface area contributed by atoms with Crippen molar-refractivity contribution in [1.82, 2.24) is 4.98 Å². The molecule has 0 saturated heterocycles. The Bertz CT molecular complexity index is 926. The van der Waals surface area contributed by atoms with E-state index in [0.717, 1.165) is 10.2 Å². The molecule has 1 N–H and O–H groups in total. The molecule has 3 aromatic rings. The predicted octanol–water partition coefficient (Wildman–Crippen LogP) is 4.54. The quantitative estimate of drug-likeness (QED) is 0.676. The molecule has 24 heavy (non-hydrogen) atoms. The molecule has 0 aliphatic heterocycles. The number of anilines is 1. The number of methoxy groups -OCH3 is 1. The Morgan fingerprint density at radius 1 is 1.33 bits per heavy atom. The fourth-order valence-electron chi connectivity index (χ4n) is 2.21. The minimum atomic E-state index is -0.214. The molecule has 0 aliphatic carbocycles. The first kappa shape index (κ1) is 16.4. The summed E-state index contributed by atoms with van der Waals surface area (Å²) in [6.07, 6.45) is 0.131. The van der Waals surface area contributed by atoms with E-state index in [9.17, 15) is 9.70 Å². The van der Waals surface area contributed by atoms with Crippen LogP contribution in [0, 0.1) is 4.91 Å². The zero-order valence-electron chi connectivity index (χ0n) is 12.6. The van der Waals surface area contributed by atoms with E-state index in [0.29, 0.717) is 21.5 Å². The van der Waals surface area contributed by atoms with Crippen LogP contribution < -0.4 is 10.1 Å². The van der Waals surface area contributed by atoms with Gasteiger partial charge in [0.05, 0.1) is 23.7 Å². The van der Waals surface area contributed by atoms with Gasteiger partial charge in [-0.1, -0.05) is 29.0 Å². The van der Waals surface area contributed by atoms with Gasteiger partial charge in [0.1, 0.15) is 11.4 Å². The van der Waals surface area contributed by atoms with Crippen LogP contribution >= 0.6 is 22.9 Å². The van der Waals surface area contributed by atoms with Crippen LogP contribution in [0.5, 0.6) is 5.75 Å². The first-order chi connectivity index (χ1) is 11.6. The Labute approximate surface area is 146 Å². The van der Waals surface area contributed by atoms with Gasteiger partial charge >= 0.3 is 0 Å². The highest BCUT2D eigenvalue weighted by Crippen LogP contribution is 2.30. The number of carbonyl (C=O) groups excluding carboxylic acids is 1. The van der Waals surface area contributed by atoms with Crippen LogP contribution in [0.3, 0.4) is 0 Å². The largest absolute Gasteiger partial charge is 0.494 e. The summed E-state index contributed by atoms with van der Waals surface area (Å²) in [6, 6.07) is 10.2. The summed E-state index contributed by atoms with van der Waals surface area (Å²) in [4.78, 5) is 27.2. The number of aromatic nitrogens is 1. The summed E-state index contributed by atoms with van der Waals surface area (Å²) in [6.45, 7) is 0. The zero-order chi connectivity index (χ0) is 17.1. The van der Waals surface area contributed by atoms with E-state index in [2.05, 4.69) is 15.5 Å². The third-order valence-electron chi connectivity index (χ3n) is 3.30. The van der Waals surface area contributed by atoms with E-state index >= 15 is 0 Å². The highest BCUT2D eigenvalue weighted by molar-refractivity contribution is 7.22. The van der Waals surface area contributed by atoms with Gasteiger partial charge < -0.3 is 10.1 Å². The number of hydrogen-bond donors (Lipinski definition) is 1. The average Bonchev–Trinajstić information content (AvgIpc) is 2.95. The summed E-state index contributed by atoms with van der Waals surface area (Å²) in [7, 11) is 1.44. The van der Waals surface area contributed by atoms with Crippen molar-refractivity contribution in [3.05, 3.63) is 51.9 Å². The van der Waals surface area contributed by atoms with Crippen molar-refractivity contribution < 1.29 is 9.53 Å². The van der Waals surface area contributed by atoms with E-state index in [1.165, 1.54) is 24.5 Å². The molecule has 8 heteroatoms. The Kier molecular flexibility index (Phi) is 4.73. The summed E-state index contributed by atoms with van der Waals surface area (Å²) >= 11 is 7.30. The maximum atomic E-state index is 12.2. The van der Waals surface area contributed by atoms with Gasteiger partial charge in [-0.15, -0.1) is 4.91 Å². The SMILES string of the molecule is COc1cc(CC(=O)Nc2nc3ccc(Cl)cc3s2)ccc1N=O. The normalized spacial score (nSPS) is 10.6. The van der Waals surface area contributed by atoms with E-state index in [4.69, 9.17) is 16.3 Å². The minimum Gasteiger partial charge on any atom is -0.494 e. The van der Waals surface area contributed by atoms with Crippen molar-refractivity contribution in [2.45, 2.75) is 6.42 Å². The zero-order valence-corrected chi connectivity index (χ0v) is 14.1. The van der Waals surface area contributed by atoms with E-state index < -0.39 is 0 Å². The molecule has 3 rings (SSSR count). The molecule has 0 unspecified atom stereocenters. The molecule has 1 heterocycles. The van der Waals surface area contributed by atoms with Gasteiger partial charge in [-0.2, -0.15) is 0 Å². The molecule has 0 aliphatic rings. The fourth-order valence-corrected chi connectivity index (χ4v) is 3.37. The van der Waals surface area contributed by atoms with E-state index in [-0.39, 0.29) is 18.0 Å². The maximum Gasteiger partial charge on any atom is 0.230 e. The molecule has 122 valence electrons. The highest BCUT2D eigenvalue weighted by Gasteiger charge is 2.11. The Balaban J connectivity index is 1.73. The van der Waals surface area contributed by atoms with Crippen molar-refractivity contribution in [2.24, 2.45) is 5.18 Å². The Hall–Kier alpha value is -2.51. The summed E-state index contributed by atoms with van der Waals surface area (Å²) in [5.41, 5.74) is 1.69. The third-order valence-corrected chi connectivity index (χ3v) is 4.47. The van der Waals surface area contributed by atoms with Crippen molar-refractivity contribution >= 4 is 49.9 Å². The molecule has 0 fully saturated rings. The van der Waals surface area contributed by atoms with E-state index in [1.54, 1.807) is 30.3 Å². The summed E-state index contributed by atoms with van der Waals surface area (Å²) in [5, 5.41) is 6.77. The number of halogens is 1. The maximum absolute atomic E-state index is 12.2. The number of carbonyl (C=O) groups is 1. The lowest BCUT2D eigenvalue weighted by Crippen LogP contribution is -2.14. The number of nitroso groups, excluding NO2 is 1. The monoisotopic (exact) mass is 361 g/mol. The highest BCUT2D eigenvalue weighted by atomic mass is 35.5. The van der Waals surface area contributed by atoms with Gasteiger partial charge in [-0.25, -0.2) is 4.98 Å². The van der Waals surface area contributed by atoms with E-state index in [1.807, 2.05) is 0 Å². The molecule has 2 aromatic carbocycles. The number of hydrogen-bond acceptors (Lipinski definition) is 6. The van der Waals surface area contributed by atoms with Crippen LogP contribution in [0.1, 0.15) is 5.56 Å². The predicted molar refractivity (Wildman–Crippen MR) is 95.4 cm³/mol. The van der Waals surface area contributed by atoms with Crippen molar-refractivity contribution in [3.63, 3.8) is 0 Å². The molecule has 0 bridgehead atoms. The molecule has 1 amide bonds. The van der Waals surface area contributed by atoms with Crippen LogP contribution in [0.4, 0.5) is 10.8 Å². The molecular weight excluding hydrogens is 350 g/mol. The van der Waals surface area contributed by atoms with Crippen LogP contribution in [0.25, 0.3) is 10.2 Å². The number of thiazole rings is 1. The summed E-state index contributed by atoms with van der Waals surface area (Å²) < 4.78 is 5.98. The molecule has 1 aromatic heterocycles. The first-order valence-corrected chi connectivity index (χ1v) is 8.14. The van der Waals surface area contributed by atoms with Crippen molar-refractivity contribution in [2.75, 3.05) is 12.4 Å². The van der Waals surface area contributed by atoms with Gasteiger partial charge in [-0.05, 0) is 41.1 Å². The second kappa shape index (κ2) is 6.94. The molecular formula is C16H12ClN3O3S. The number of nitrogens with one attached hydrogen (secondary N) is 1. The minimum absolute atomic E-state index is 0.131. The van der Waals surface area contributed by atoms with Crippen molar-refractivity contribution in [3.8, 4) is 5.75 Å². The second-order valence-corrected chi connectivity index (χ2v) is 6.42. The summed E-state index contributed by atoms with van der Waals surface area (Å²) in [5.74, 6) is 0.124.